The van der Waals surface area contributed by atoms with Gasteiger partial charge in [-0.25, -0.2) is 0 Å². The lowest BCUT2D eigenvalue weighted by Crippen LogP contribution is -2.52. The highest BCUT2D eigenvalue weighted by Gasteiger charge is 2.29. The first-order chi connectivity index (χ1) is 9.18. The number of amides is 1. The fourth-order valence-electron chi connectivity index (χ4n) is 3.52. The Bertz CT molecular complexity index is 287. The lowest BCUT2D eigenvalue weighted by molar-refractivity contribution is -0.124. The largest absolute Gasteiger partial charge is 0.368 e. The second-order valence-electron chi connectivity index (χ2n) is 6.21. The highest BCUT2D eigenvalue weighted by molar-refractivity contribution is 5.79. The van der Waals surface area contributed by atoms with Crippen LogP contribution in [-0.2, 0) is 4.79 Å². The van der Waals surface area contributed by atoms with Gasteiger partial charge in [0.05, 0.1) is 6.04 Å². The number of piperidine rings is 1. The van der Waals surface area contributed by atoms with Crippen LogP contribution in [0.2, 0.25) is 0 Å². The molecule has 110 valence electrons. The second kappa shape index (κ2) is 7.25. The summed E-state index contributed by atoms with van der Waals surface area (Å²) < 4.78 is 0. The molecule has 0 aliphatic carbocycles. The van der Waals surface area contributed by atoms with E-state index < -0.39 is 0 Å². The van der Waals surface area contributed by atoms with Crippen LogP contribution in [0.5, 0.6) is 0 Å². The Labute approximate surface area is 117 Å². The number of carbonyl (C=O) groups is 1. The molecule has 0 spiro atoms. The Kier molecular flexibility index (Phi) is 5.64. The molecular formula is C15H29N3O. The fraction of sp³-hybridized carbons (Fsp3) is 0.933. The molecule has 0 bridgehead atoms. The van der Waals surface area contributed by atoms with Gasteiger partial charge < -0.3 is 5.73 Å². The standard InChI is InChI=1S/C15H29N3O/c1-13(17-9-5-2-3-6-10-17)12-18-11-7-4-8-14(18)15(16)19/h13-14H,2-12H2,1H3,(H2,16,19)/t13-,14?/m0/s1. The minimum atomic E-state index is -0.136. The van der Waals surface area contributed by atoms with Crippen molar-refractivity contribution < 1.29 is 4.79 Å². The van der Waals surface area contributed by atoms with Crippen molar-refractivity contribution in [1.29, 1.82) is 0 Å². The van der Waals surface area contributed by atoms with Crippen LogP contribution in [0.1, 0.15) is 51.9 Å². The van der Waals surface area contributed by atoms with E-state index in [1.165, 1.54) is 45.2 Å². The van der Waals surface area contributed by atoms with Gasteiger partial charge in [-0.1, -0.05) is 19.3 Å². The molecule has 2 rings (SSSR count). The highest BCUT2D eigenvalue weighted by atomic mass is 16.1. The lowest BCUT2D eigenvalue weighted by Gasteiger charge is -2.38. The molecule has 0 radical (unpaired) electrons. The van der Waals surface area contributed by atoms with Gasteiger partial charge >= 0.3 is 0 Å². The Balaban J connectivity index is 1.88. The number of rotatable bonds is 4. The zero-order chi connectivity index (χ0) is 13.7. The SMILES string of the molecule is C[C@@H](CN1CCCCC1C(N)=O)N1CCCCCC1. The number of nitrogens with two attached hydrogens (primary N) is 1. The van der Waals surface area contributed by atoms with Gasteiger partial charge in [-0.2, -0.15) is 0 Å². The van der Waals surface area contributed by atoms with E-state index in [9.17, 15) is 4.79 Å². The molecule has 2 aliphatic heterocycles. The molecule has 0 aromatic rings. The molecule has 0 aromatic heterocycles. The lowest BCUT2D eigenvalue weighted by atomic mass is 10.0. The Morgan fingerprint density at radius 2 is 1.74 bits per heavy atom. The first-order valence-corrected chi connectivity index (χ1v) is 7.96. The van der Waals surface area contributed by atoms with Crippen molar-refractivity contribution in [2.45, 2.75) is 64.0 Å². The van der Waals surface area contributed by atoms with Crippen molar-refractivity contribution in [3.63, 3.8) is 0 Å². The molecule has 2 atom stereocenters. The number of likely N-dealkylation sites (tertiary alicyclic amines) is 2. The van der Waals surface area contributed by atoms with Crippen molar-refractivity contribution in [3.05, 3.63) is 0 Å². The van der Waals surface area contributed by atoms with Gasteiger partial charge in [0, 0.05) is 12.6 Å². The van der Waals surface area contributed by atoms with E-state index in [2.05, 4.69) is 16.7 Å². The van der Waals surface area contributed by atoms with E-state index in [1.807, 2.05) is 0 Å². The smallest absolute Gasteiger partial charge is 0.234 e. The maximum absolute atomic E-state index is 11.5. The highest BCUT2D eigenvalue weighted by Crippen LogP contribution is 2.19. The zero-order valence-corrected chi connectivity index (χ0v) is 12.3. The summed E-state index contributed by atoms with van der Waals surface area (Å²) in [6.07, 6.45) is 8.68. The van der Waals surface area contributed by atoms with Crippen LogP contribution in [0.3, 0.4) is 0 Å². The second-order valence-corrected chi connectivity index (χ2v) is 6.21. The maximum atomic E-state index is 11.5. The molecule has 1 amide bonds. The summed E-state index contributed by atoms with van der Waals surface area (Å²) in [5, 5.41) is 0. The summed E-state index contributed by atoms with van der Waals surface area (Å²) >= 11 is 0. The zero-order valence-electron chi connectivity index (χ0n) is 12.3. The van der Waals surface area contributed by atoms with Crippen molar-refractivity contribution >= 4 is 5.91 Å². The molecule has 2 fully saturated rings. The van der Waals surface area contributed by atoms with Gasteiger partial charge in [0.25, 0.3) is 0 Å². The van der Waals surface area contributed by atoms with Crippen LogP contribution in [0.4, 0.5) is 0 Å². The van der Waals surface area contributed by atoms with Gasteiger partial charge in [-0.05, 0) is 52.2 Å². The number of hydrogen-bond acceptors (Lipinski definition) is 3. The van der Waals surface area contributed by atoms with Gasteiger partial charge in [-0.3, -0.25) is 14.6 Å². The third kappa shape index (κ3) is 4.18. The van der Waals surface area contributed by atoms with E-state index in [0.29, 0.717) is 6.04 Å². The van der Waals surface area contributed by atoms with Crippen LogP contribution < -0.4 is 5.73 Å². The summed E-state index contributed by atoms with van der Waals surface area (Å²) in [6, 6.07) is 0.515. The van der Waals surface area contributed by atoms with Gasteiger partial charge in [0.2, 0.25) is 5.91 Å². The monoisotopic (exact) mass is 267 g/mol. The molecule has 1 unspecified atom stereocenters. The molecule has 19 heavy (non-hydrogen) atoms. The summed E-state index contributed by atoms with van der Waals surface area (Å²) in [5.74, 6) is -0.136. The van der Waals surface area contributed by atoms with Crippen molar-refractivity contribution in [2.24, 2.45) is 5.73 Å². The topological polar surface area (TPSA) is 49.6 Å². The van der Waals surface area contributed by atoms with E-state index in [0.717, 1.165) is 25.9 Å². The van der Waals surface area contributed by atoms with Gasteiger partial charge in [-0.15, -0.1) is 0 Å². The number of carbonyl (C=O) groups excluding carboxylic acids is 1. The van der Waals surface area contributed by atoms with Crippen LogP contribution in [0.15, 0.2) is 0 Å². The maximum Gasteiger partial charge on any atom is 0.234 e. The van der Waals surface area contributed by atoms with Gasteiger partial charge in [0.1, 0.15) is 0 Å². The number of nitrogens with zero attached hydrogens (tertiary/aromatic N) is 2. The average molecular weight is 267 g/mol. The van der Waals surface area contributed by atoms with E-state index in [1.54, 1.807) is 0 Å². The normalized spacial score (nSPS) is 28.8. The molecule has 0 saturated carbocycles. The van der Waals surface area contributed by atoms with Crippen LogP contribution in [0.25, 0.3) is 0 Å². The minimum absolute atomic E-state index is 0.0248. The number of hydrogen-bond donors (Lipinski definition) is 1. The van der Waals surface area contributed by atoms with Crippen molar-refractivity contribution in [1.82, 2.24) is 9.80 Å². The first-order valence-electron chi connectivity index (χ1n) is 7.96. The Morgan fingerprint density at radius 3 is 2.37 bits per heavy atom. The third-order valence-corrected chi connectivity index (χ3v) is 4.70. The molecular weight excluding hydrogens is 238 g/mol. The quantitative estimate of drug-likeness (QED) is 0.841. The predicted molar refractivity (Wildman–Crippen MR) is 77.9 cm³/mol. The molecule has 0 aromatic carbocycles. The van der Waals surface area contributed by atoms with E-state index >= 15 is 0 Å². The molecule has 2 heterocycles. The van der Waals surface area contributed by atoms with Crippen molar-refractivity contribution in [2.75, 3.05) is 26.2 Å². The fourth-order valence-corrected chi connectivity index (χ4v) is 3.52. The van der Waals surface area contributed by atoms with Crippen molar-refractivity contribution in [3.8, 4) is 0 Å². The predicted octanol–water partition coefficient (Wildman–Crippen LogP) is 1.59. The van der Waals surface area contributed by atoms with E-state index in [-0.39, 0.29) is 11.9 Å². The van der Waals surface area contributed by atoms with Crippen LogP contribution in [-0.4, -0.2) is 54.0 Å². The molecule has 4 nitrogen and oxygen atoms in total. The van der Waals surface area contributed by atoms with Crippen LogP contribution in [0, 0.1) is 0 Å². The molecule has 2 N–H and O–H groups in total. The summed E-state index contributed by atoms with van der Waals surface area (Å²) in [7, 11) is 0. The van der Waals surface area contributed by atoms with Gasteiger partial charge in [0.15, 0.2) is 0 Å². The minimum Gasteiger partial charge on any atom is -0.368 e. The first kappa shape index (κ1) is 14.8. The molecule has 4 heteroatoms. The third-order valence-electron chi connectivity index (χ3n) is 4.70. The summed E-state index contributed by atoms with van der Waals surface area (Å²) in [5.41, 5.74) is 5.54. The summed E-state index contributed by atoms with van der Waals surface area (Å²) in [6.45, 7) is 6.77. The molecule has 2 aliphatic rings. The van der Waals surface area contributed by atoms with Crippen LogP contribution >= 0.6 is 0 Å². The summed E-state index contributed by atoms with van der Waals surface area (Å²) in [4.78, 5) is 16.5. The van der Waals surface area contributed by atoms with E-state index in [4.69, 9.17) is 5.73 Å². The number of primary amides is 1. The Hall–Kier alpha value is -0.610. The molecule has 2 saturated heterocycles. The average Bonchev–Trinajstić information content (AvgIpc) is 2.68. The Morgan fingerprint density at radius 1 is 1.11 bits per heavy atom.